The topological polar surface area (TPSA) is 96.9 Å². The van der Waals surface area contributed by atoms with E-state index < -0.39 is 5.97 Å². The van der Waals surface area contributed by atoms with Gasteiger partial charge >= 0.3 is 5.97 Å². The monoisotopic (exact) mass is 482 g/mol. The fourth-order valence-electron chi connectivity index (χ4n) is 4.78. The molecule has 3 unspecified atom stereocenters. The van der Waals surface area contributed by atoms with Gasteiger partial charge in [-0.1, -0.05) is 39.3 Å². The number of hydrogen-bond acceptors (Lipinski definition) is 5. The number of aromatic carboxylic acids is 1. The van der Waals surface area contributed by atoms with Crippen LogP contribution >= 0.6 is 0 Å². The molecule has 0 radical (unpaired) electrons. The fourth-order valence-corrected chi connectivity index (χ4v) is 4.78. The van der Waals surface area contributed by atoms with Gasteiger partial charge in [0.1, 0.15) is 12.4 Å². The molecule has 1 saturated carbocycles. The molecule has 0 bridgehead atoms. The lowest BCUT2D eigenvalue weighted by molar-refractivity contribution is -0.126. The predicted octanol–water partition coefficient (Wildman–Crippen LogP) is 5.73. The van der Waals surface area contributed by atoms with E-state index in [9.17, 15) is 9.59 Å². The number of nitrogens with one attached hydrogen (secondary N) is 2. The molecular weight excluding hydrogens is 444 g/mol. The van der Waals surface area contributed by atoms with E-state index in [0.717, 1.165) is 29.7 Å². The number of carbonyl (C=O) groups is 2. The summed E-state index contributed by atoms with van der Waals surface area (Å²) in [5, 5.41) is 15.3. The highest BCUT2D eigenvalue weighted by molar-refractivity contribution is 5.94. The molecule has 1 fully saturated rings. The minimum absolute atomic E-state index is 0.0230. The molecule has 3 rings (SSSR count). The van der Waals surface area contributed by atoms with E-state index in [1.165, 1.54) is 6.42 Å². The Morgan fingerprint density at radius 3 is 2.46 bits per heavy atom. The first-order chi connectivity index (χ1) is 16.7. The smallest absolute Gasteiger partial charge is 0.335 e. The summed E-state index contributed by atoms with van der Waals surface area (Å²) < 4.78 is 11.6. The number of methoxy groups -OCH3 is 1. The molecule has 1 aliphatic rings. The summed E-state index contributed by atoms with van der Waals surface area (Å²) in [6.07, 6.45) is 3.48. The molecule has 7 heteroatoms. The Morgan fingerprint density at radius 1 is 1.11 bits per heavy atom. The molecule has 2 aromatic rings. The van der Waals surface area contributed by atoms with Crippen molar-refractivity contribution < 1.29 is 24.2 Å². The summed E-state index contributed by atoms with van der Waals surface area (Å²) in [5.41, 5.74) is 3.64. The van der Waals surface area contributed by atoms with Crippen molar-refractivity contribution in [2.45, 2.75) is 59.6 Å². The SMILES string of the molecule is COc1cc(NCc2ccc(C(=O)O)cc2)c(C)cc1NC(=O)COC1CC(C)CCC1C(C)C. The molecule has 2 aromatic carbocycles. The van der Waals surface area contributed by atoms with Gasteiger partial charge in [0, 0.05) is 18.3 Å². The van der Waals surface area contributed by atoms with E-state index >= 15 is 0 Å². The molecule has 3 N–H and O–H groups in total. The number of aryl methyl sites for hydroxylation is 1. The van der Waals surface area contributed by atoms with Crippen molar-refractivity contribution in [2.24, 2.45) is 17.8 Å². The summed E-state index contributed by atoms with van der Waals surface area (Å²) in [7, 11) is 1.57. The van der Waals surface area contributed by atoms with Crippen LogP contribution in [0.15, 0.2) is 36.4 Å². The Morgan fingerprint density at radius 2 is 1.83 bits per heavy atom. The molecular formula is C28H38N2O5. The van der Waals surface area contributed by atoms with Gasteiger partial charge < -0.3 is 25.2 Å². The van der Waals surface area contributed by atoms with Gasteiger partial charge in [0.2, 0.25) is 5.91 Å². The van der Waals surface area contributed by atoms with Gasteiger partial charge in [0.25, 0.3) is 0 Å². The summed E-state index contributed by atoms with van der Waals surface area (Å²) >= 11 is 0. The number of benzene rings is 2. The van der Waals surface area contributed by atoms with Crippen LogP contribution in [0.2, 0.25) is 0 Å². The first-order valence-corrected chi connectivity index (χ1v) is 12.3. The highest BCUT2D eigenvalue weighted by atomic mass is 16.5. The van der Waals surface area contributed by atoms with Crippen LogP contribution in [0.4, 0.5) is 11.4 Å². The molecule has 0 saturated heterocycles. The lowest BCUT2D eigenvalue weighted by Crippen LogP contribution is -2.36. The van der Waals surface area contributed by atoms with Crippen LogP contribution in [-0.4, -0.2) is 36.8 Å². The molecule has 0 aliphatic heterocycles. The van der Waals surface area contributed by atoms with Crippen LogP contribution in [0.25, 0.3) is 0 Å². The number of rotatable bonds is 10. The molecule has 190 valence electrons. The van der Waals surface area contributed by atoms with Crippen molar-refractivity contribution in [2.75, 3.05) is 24.4 Å². The van der Waals surface area contributed by atoms with Gasteiger partial charge in [0.05, 0.1) is 24.5 Å². The maximum atomic E-state index is 12.7. The van der Waals surface area contributed by atoms with E-state index in [1.54, 1.807) is 31.4 Å². The number of carbonyl (C=O) groups excluding carboxylic acids is 1. The molecule has 1 aliphatic carbocycles. The first kappa shape index (κ1) is 26.5. The standard InChI is InChI=1S/C28H38N2O5/c1-17(2)22-11-6-18(3)12-25(22)35-16-27(31)30-24-13-19(4)23(14-26(24)34-5)29-15-20-7-9-21(10-8-20)28(32)33/h7-10,13-14,17-18,22,25,29H,6,11-12,15-16H2,1-5H3,(H,30,31)(H,32,33). The third kappa shape index (κ3) is 7.21. The van der Waals surface area contributed by atoms with Gasteiger partial charge in [-0.25, -0.2) is 4.79 Å². The maximum absolute atomic E-state index is 12.7. The van der Waals surface area contributed by atoms with E-state index in [0.29, 0.717) is 35.7 Å². The Hall–Kier alpha value is -3.06. The van der Waals surface area contributed by atoms with Gasteiger partial charge in [-0.2, -0.15) is 0 Å². The summed E-state index contributed by atoms with van der Waals surface area (Å²) in [6.45, 7) is 9.21. The van der Waals surface area contributed by atoms with Crippen molar-refractivity contribution in [3.8, 4) is 5.75 Å². The summed E-state index contributed by atoms with van der Waals surface area (Å²) in [4.78, 5) is 23.7. The normalized spacial score (nSPS) is 19.9. The maximum Gasteiger partial charge on any atom is 0.335 e. The first-order valence-electron chi connectivity index (χ1n) is 12.3. The lowest BCUT2D eigenvalue weighted by Gasteiger charge is -2.37. The van der Waals surface area contributed by atoms with Crippen molar-refractivity contribution >= 4 is 23.3 Å². The molecule has 35 heavy (non-hydrogen) atoms. The fraction of sp³-hybridized carbons (Fsp3) is 0.500. The van der Waals surface area contributed by atoms with Gasteiger partial charge in [-0.05, 0) is 66.8 Å². The second kappa shape index (κ2) is 12.1. The highest BCUT2D eigenvalue weighted by Crippen LogP contribution is 2.35. The number of anilines is 2. The average molecular weight is 483 g/mol. The van der Waals surface area contributed by atoms with E-state index in [4.69, 9.17) is 14.6 Å². The van der Waals surface area contributed by atoms with Gasteiger partial charge in [-0.3, -0.25) is 4.79 Å². The second-order valence-electron chi connectivity index (χ2n) is 9.95. The van der Waals surface area contributed by atoms with Crippen molar-refractivity contribution in [1.29, 1.82) is 0 Å². The number of amides is 1. The molecule has 7 nitrogen and oxygen atoms in total. The quantitative estimate of drug-likeness (QED) is 0.400. The molecule has 0 spiro atoms. The van der Waals surface area contributed by atoms with Gasteiger partial charge in [0.15, 0.2) is 0 Å². The summed E-state index contributed by atoms with van der Waals surface area (Å²) in [5.74, 6) is 1.06. The van der Waals surface area contributed by atoms with E-state index in [1.807, 2.05) is 19.1 Å². The second-order valence-corrected chi connectivity index (χ2v) is 9.95. The summed E-state index contributed by atoms with van der Waals surface area (Å²) in [6, 6.07) is 10.5. The van der Waals surface area contributed by atoms with Crippen LogP contribution in [-0.2, 0) is 16.1 Å². The Labute approximate surface area is 208 Å². The molecule has 1 amide bonds. The Kier molecular flexibility index (Phi) is 9.15. The molecule has 3 atom stereocenters. The van der Waals surface area contributed by atoms with Crippen LogP contribution in [0.5, 0.6) is 5.75 Å². The van der Waals surface area contributed by atoms with Crippen LogP contribution in [0.1, 0.15) is 61.5 Å². The zero-order valence-electron chi connectivity index (χ0n) is 21.4. The Balaban J connectivity index is 1.60. The van der Waals surface area contributed by atoms with E-state index in [-0.39, 0.29) is 24.2 Å². The molecule has 0 aromatic heterocycles. The minimum atomic E-state index is -0.943. The number of hydrogen-bond donors (Lipinski definition) is 3. The van der Waals surface area contributed by atoms with Crippen molar-refractivity contribution in [3.63, 3.8) is 0 Å². The minimum Gasteiger partial charge on any atom is -0.494 e. The largest absolute Gasteiger partial charge is 0.494 e. The zero-order chi connectivity index (χ0) is 25.5. The number of carboxylic acid groups (broad SMARTS) is 1. The van der Waals surface area contributed by atoms with E-state index in [2.05, 4.69) is 31.4 Å². The zero-order valence-corrected chi connectivity index (χ0v) is 21.4. The highest BCUT2D eigenvalue weighted by Gasteiger charge is 2.31. The number of ether oxygens (including phenoxy) is 2. The third-order valence-corrected chi connectivity index (χ3v) is 6.89. The average Bonchev–Trinajstić information content (AvgIpc) is 2.82. The lowest BCUT2D eigenvalue weighted by atomic mass is 9.75. The van der Waals surface area contributed by atoms with Crippen molar-refractivity contribution in [1.82, 2.24) is 0 Å². The van der Waals surface area contributed by atoms with Crippen molar-refractivity contribution in [3.05, 3.63) is 53.1 Å². The van der Waals surface area contributed by atoms with Crippen LogP contribution in [0.3, 0.4) is 0 Å². The van der Waals surface area contributed by atoms with Crippen LogP contribution < -0.4 is 15.4 Å². The predicted molar refractivity (Wildman–Crippen MR) is 138 cm³/mol. The number of carboxylic acids is 1. The van der Waals surface area contributed by atoms with Gasteiger partial charge in [-0.15, -0.1) is 0 Å². The Bertz CT molecular complexity index is 1020. The molecule has 0 heterocycles. The van der Waals surface area contributed by atoms with Crippen LogP contribution in [0, 0.1) is 24.7 Å². The third-order valence-electron chi connectivity index (χ3n) is 6.89.